The maximum atomic E-state index is 12.1. The highest BCUT2D eigenvalue weighted by atomic mass is 16.5. The number of likely N-dealkylation sites (tertiary alicyclic amines) is 1. The summed E-state index contributed by atoms with van der Waals surface area (Å²) in [5.74, 6) is 1.22. The van der Waals surface area contributed by atoms with Crippen molar-refractivity contribution in [3.8, 4) is 5.75 Å². The molecule has 2 rings (SSSR count). The molecule has 1 aromatic rings. The van der Waals surface area contributed by atoms with Crippen molar-refractivity contribution in [1.82, 2.24) is 4.90 Å². The number of carbonyl (C=O) groups is 1. The molecule has 1 saturated heterocycles. The molecule has 20 heavy (non-hydrogen) atoms. The molecule has 0 atom stereocenters. The van der Waals surface area contributed by atoms with Crippen molar-refractivity contribution in [3.05, 3.63) is 29.8 Å². The third-order valence-electron chi connectivity index (χ3n) is 3.84. The van der Waals surface area contributed by atoms with Crippen LogP contribution in [-0.4, -0.2) is 30.5 Å². The van der Waals surface area contributed by atoms with Crippen LogP contribution in [-0.2, 0) is 4.79 Å². The molecular formula is C17H25NO2. The summed E-state index contributed by atoms with van der Waals surface area (Å²) < 4.78 is 5.73. The number of rotatable bonds is 5. The normalized spacial score (nSPS) is 15.8. The van der Waals surface area contributed by atoms with E-state index in [4.69, 9.17) is 4.74 Å². The number of amides is 1. The van der Waals surface area contributed by atoms with Gasteiger partial charge in [-0.2, -0.15) is 0 Å². The predicted molar refractivity (Wildman–Crippen MR) is 81.0 cm³/mol. The highest BCUT2D eigenvalue weighted by Crippen LogP contribution is 2.17. The molecule has 0 N–H and O–H groups in total. The molecule has 1 aliphatic rings. The van der Waals surface area contributed by atoms with Gasteiger partial charge in [-0.15, -0.1) is 0 Å². The Labute approximate surface area is 121 Å². The van der Waals surface area contributed by atoms with Gasteiger partial charge in [0, 0.05) is 19.5 Å². The third-order valence-corrected chi connectivity index (χ3v) is 3.84. The molecule has 0 spiro atoms. The van der Waals surface area contributed by atoms with E-state index >= 15 is 0 Å². The summed E-state index contributed by atoms with van der Waals surface area (Å²) in [6, 6.07) is 8.00. The number of carbonyl (C=O) groups excluding carboxylic acids is 1. The van der Waals surface area contributed by atoms with E-state index in [0.717, 1.165) is 43.7 Å². The lowest BCUT2D eigenvalue weighted by molar-refractivity contribution is -0.131. The van der Waals surface area contributed by atoms with E-state index in [1.54, 1.807) is 0 Å². The van der Waals surface area contributed by atoms with Crippen molar-refractivity contribution >= 4 is 5.91 Å². The Morgan fingerprint density at radius 2 is 1.85 bits per heavy atom. The fourth-order valence-corrected chi connectivity index (χ4v) is 2.60. The smallest absolute Gasteiger partial charge is 0.222 e. The minimum absolute atomic E-state index is 0.292. The second kappa shape index (κ2) is 7.93. The topological polar surface area (TPSA) is 29.5 Å². The lowest BCUT2D eigenvalue weighted by Crippen LogP contribution is -2.31. The molecule has 0 radical (unpaired) electrons. The lowest BCUT2D eigenvalue weighted by Gasteiger charge is -2.20. The summed E-state index contributed by atoms with van der Waals surface area (Å²) in [5.41, 5.74) is 1.14. The number of hydrogen-bond acceptors (Lipinski definition) is 2. The van der Waals surface area contributed by atoms with E-state index in [1.165, 1.54) is 12.8 Å². The maximum Gasteiger partial charge on any atom is 0.222 e. The Kier molecular flexibility index (Phi) is 5.90. The fraction of sp³-hybridized carbons (Fsp3) is 0.588. The van der Waals surface area contributed by atoms with Gasteiger partial charge < -0.3 is 9.64 Å². The molecule has 0 saturated carbocycles. The van der Waals surface area contributed by atoms with Gasteiger partial charge in [0.15, 0.2) is 0 Å². The van der Waals surface area contributed by atoms with Crippen LogP contribution >= 0.6 is 0 Å². The first-order chi connectivity index (χ1) is 9.77. The first-order valence-corrected chi connectivity index (χ1v) is 7.73. The SMILES string of the molecule is Cc1ccccc1OCCCC(=O)N1CCCCCC1. The number of benzene rings is 1. The van der Waals surface area contributed by atoms with Gasteiger partial charge in [-0.1, -0.05) is 31.0 Å². The third kappa shape index (κ3) is 4.55. The summed E-state index contributed by atoms with van der Waals surface area (Å²) in [7, 11) is 0. The second-order valence-corrected chi connectivity index (χ2v) is 5.51. The molecule has 1 aromatic carbocycles. The van der Waals surface area contributed by atoms with Gasteiger partial charge in [-0.25, -0.2) is 0 Å². The number of aryl methyl sites for hydroxylation is 1. The zero-order chi connectivity index (χ0) is 14.2. The molecule has 110 valence electrons. The van der Waals surface area contributed by atoms with E-state index in [9.17, 15) is 4.79 Å². The summed E-state index contributed by atoms with van der Waals surface area (Å²) in [6.45, 7) is 4.54. The van der Waals surface area contributed by atoms with Gasteiger partial charge >= 0.3 is 0 Å². The molecule has 1 amide bonds. The monoisotopic (exact) mass is 275 g/mol. The molecule has 0 aromatic heterocycles. The van der Waals surface area contributed by atoms with E-state index in [0.29, 0.717) is 18.9 Å². The number of nitrogens with zero attached hydrogens (tertiary/aromatic N) is 1. The molecular weight excluding hydrogens is 250 g/mol. The van der Waals surface area contributed by atoms with Crippen LogP contribution in [0.3, 0.4) is 0 Å². The summed E-state index contributed by atoms with van der Waals surface area (Å²) in [5, 5.41) is 0. The number of hydrogen-bond donors (Lipinski definition) is 0. The predicted octanol–water partition coefficient (Wildman–Crippen LogP) is 3.56. The minimum atomic E-state index is 0.292. The number of ether oxygens (including phenoxy) is 1. The molecule has 3 heteroatoms. The Hall–Kier alpha value is -1.51. The molecule has 1 fully saturated rings. The van der Waals surface area contributed by atoms with Crippen molar-refractivity contribution in [2.75, 3.05) is 19.7 Å². The summed E-state index contributed by atoms with van der Waals surface area (Å²) in [4.78, 5) is 14.1. The molecule has 0 bridgehead atoms. The van der Waals surface area contributed by atoms with Gasteiger partial charge in [0.05, 0.1) is 6.61 Å². The standard InChI is InChI=1S/C17H25NO2/c1-15-9-4-5-10-16(15)20-14-8-11-17(19)18-12-6-2-3-7-13-18/h4-5,9-10H,2-3,6-8,11-14H2,1H3. The van der Waals surface area contributed by atoms with Crippen molar-refractivity contribution < 1.29 is 9.53 Å². The Bertz CT molecular complexity index is 423. The first-order valence-electron chi connectivity index (χ1n) is 7.73. The van der Waals surface area contributed by atoms with E-state index in [1.807, 2.05) is 36.1 Å². The average Bonchev–Trinajstić information content (AvgIpc) is 2.74. The lowest BCUT2D eigenvalue weighted by atomic mass is 10.2. The number of para-hydroxylation sites is 1. The average molecular weight is 275 g/mol. The second-order valence-electron chi connectivity index (χ2n) is 5.51. The van der Waals surface area contributed by atoms with E-state index in [2.05, 4.69) is 0 Å². The van der Waals surface area contributed by atoms with Crippen LogP contribution in [0, 0.1) is 6.92 Å². The van der Waals surface area contributed by atoms with Gasteiger partial charge in [0.1, 0.15) is 5.75 Å². The zero-order valence-electron chi connectivity index (χ0n) is 12.4. The van der Waals surface area contributed by atoms with Crippen LogP contribution in [0.1, 0.15) is 44.1 Å². The molecule has 1 heterocycles. The summed E-state index contributed by atoms with van der Waals surface area (Å²) >= 11 is 0. The van der Waals surface area contributed by atoms with Gasteiger partial charge in [0.25, 0.3) is 0 Å². The zero-order valence-corrected chi connectivity index (χ0v) is 12.4. The molecule has 1 aliphatic heterocycles. The van der Waals surface area contributed by atoms with Crippen molar-refractivity contribution in [1.29, 1.82) is 0 Å². The Morgan fingerprint density at radius 3 is 2.55 bits per heavy atom. The quantitative estimate of drug-likeness (QED) is 0.769. The Balaban J connectivity index is 1.67. The van der Waals surface area contributed by atoms with Crippen LogP contribution in [0.5, 0.6) is 5.75 Å². The van der Waals surface area contributed by atoms with Crippen LogP contribution in [0.2, 0.25) is 0 Å². The van der Waals surface area contributed by atoms with E-state index < -0.39 is 0 Å². The summed E-state index contributed by atoms with van der Waals surface area (Å²) in [6.07, 6.45) is 6.24. The largest absolute Gasteiger partial charge is 0.493 e. The van der Waals surface area contributed by atoms with Crippen LogP contribution in [0.4, 0.5) is 0 Å². The first kappa shape index (κ1) is 14.9. The van der Waals surface area contributed by atoms with Crippen LogP contribution in [0.15, 0.2) is 24.3 Å². The fourth-order valence-electron chi connectivity index (χ4n) is 2.60. The van der Waals surface area contributed by atoms with Crippen molar-refractivity contribution in [2.24, 2.45) is 0 Å². The maximum absolute atomic E-state index is 12.1. The molecule has 0 unspecified atom stereocenters. The van der Waals surface area contributed by atoms with E-state index in [-0.39, 0.29) is 0 Å². The minimum Gasteiger partial charge on any atom is -0.493 e. The molecule has 3 nitrogen and oxygen atoms in total. The van der Waals surface area contributed by atoms with Crippen molar-refractivity contribution in [2.45, 2.75) is 45.4 Å². The van der Waals surface area contributed by atoms with Gasteiger partial charge in [-0.05, 0) is 37.8 Å². The Morgan fingerprint density at radius 1 is 1.15 bits per heavy atom. The van der Waals surface area contributed by atoms with Crippen molar-refractivity contribution in [3.63, 3.8) is 0 Å². The highest BCUT2D eigenvalue weighted by molar-refractivity contribution is 5.76. The molecule has 0 aliphatic carbocycles. The van der Waals surface area contributed by atoms with Gasteiger partial charge in [-0.3, -0.25) is 4.79 Å². The van der Waals surface area contributed by atoms with Crippen LogP contribution < -0.4 is 4.74 Å². The highest BCUT2D eigenvalue weighted by Gasteiger charge is 2.14. The van der Waals surface area contributed by atoms with Gasteiger partial charge in [0.2, 0.25) is 5.91 Å². The van der Waals surface area contributed by atoms with Crippen LogP contribution in [0.25, 0.3) is 0 Å².